The lowest BCUT2D eigenvalue weighted by atomic mass is 9.91. The number of carbonyl (C=O) groups is 1. The first-order valence-electron chi connectivity index (χ1n) is 6.46. The zero-order valence-corrected chi connectivity index (χ0v) is 11.0. The first-order valence-corrected chi connectivity index (χ1v) is 6.46. The van der Waals surface area contributed by atoms with Crippen molar-refractivity contribution in [1.82, 2.24) is 4.90 Å². The number of hydrogen-bond acceptors (Lipinski definition) is 2. The fourth-order valence-electron chi connectivity index (χ4n) is 2.22. The predicted octanol–water partition coefficient (Wildman–Crippen LogP) is 2.91. The zero-order chi connectivity index (χ0) is 13.8. The molecule has 1 aliphatic rings. The Hall–Kier alpha value is -1.68. The summed E-state index contributed by atoms with van der Waals surface area (Å²) in [4.78, 5) is 12.7. The molecular weight excluding hydrogens is 245 g/mol. The van der Waals surface area contributed by atoms with Gasteiger partial charge in [0.25, 0.3) is 0 Å². The van der Waals surface area contributed by atoms with Crippen LogP contribution in [0.25, 0.3) is 6.08 Å². The summed E-state index contributed by atoms with van der Waals surface area (Å²) in [6, 6.07) is 5.49. The maximum Gasteiger partial charge on any atom is 0.328 e. The lowest BCUT2D eigenvalue weighted by molar-refractivity contribution is -0.131. The molecule has 0 spiro atoms. The molecule has 0 aliphatic heterocycles. The number of aliphatic carboxylic acids is 1. The van der Waals surface area contributed by atoms with Crippen LogP contribution in [0.3, 0.4) is 0 Å². The van der Waals surface area contributed by atoms with Gasteiger partial charge in [-0.05, 0) is 43.7 Å². The van der Waals surface area contributed by atoms with Gasteiger partial charge in [-0.2, -0.15) is 0 Å². The van der Waals surface area contributed by atoms with Crippen molar-refractivity contribution in [1.29, 1.82) is 0 Å². The third-order valence-corrected chi connectivity index (χ3v) is 3.60. The van der Waals surface area contributed by atoms with E-state index in [0.717, 1.165) is 18.2 Å². The minimum Gasteiger partial charge on any atom is -0.478 e. The van der Waals surface area contributed by atoms with Crippen LogP contribution in [-0.4, -0.2) is 29.1 Å². The molecule has 1 saturated carbocycles. The minimum atomic E-state index is -1.07. The maximum atomic E-state index is 13.5. The number of halogens is 1. The largest absolute Gasteiger partial charge is 0.478 e. The second-order valence-electron chi connectivity index (χ2n) is 5.03. The number of rotatable bonds is 5. The van der Waals surface area contributed by atoms with Gasteiger partial charge in [0.05, 0.1) is 0 Å². The highest BCUT2D eigenvalue weighted by molar-refractivity contribution is 5.85. The Kier molecular flexibility index (Phi) is 4.32. The fraction of sp³-hybridized carbons (Fsp3) is 0.400. The van der Waals surface area contributed by atoms with Crippen molar-refractivity contribution in [2.24, 2.45) is 0 Å². The molecule has 1 aromatic rings. The lowest BCUT2D eigenvalue weighted by Gasteiger charge is -2.34. The van der Waals surface area contributed by atoms with Crippen molar-refractivity contribution in [2.75, 3.05) is 7.05 Å². The van der Waals surface area contributed by atoms with Gasteiger partial charge >= 0.3 is 5.97 Å². The smallest absolute Gasteiger partial charge is 0.328 e. The normalized spacial score (nSPS) is 15.9. The highest BCUT2D eigenvalue weighted by Crippen LogP contribution is 2.25. The standard InChI is InChI=1S/C15H18FNO2/c1-17(13-3-2-4-13)10-11-5-7-14(16)12(9-11)6-8-15(18)19/h5-9,13H,2-4,10H2,1H3,(H,18,19)/b8-6+. The molecule has 0 radical (unpaired) electrons. The maximum absolute atomic E-state index is 13.5. The van der Waals surface area contributed by atoms with Gasteiger partial charge in [0.1, 0.15) is 5.82 Å². The Bertz CT molecular complexity index is 495. The summed E-state index contributed by atoms with van der Waals surface area (Å²) in [6.07, 6.45) is 5.99. The van der Waals surface area contributed by atoms with Gasteiger partial charge in [0.15, 0.2) is 0 Å². The average Bonchev–Trinajstić information content (AvgIpc) is 2.27. The second-order valence-corrected chi connectivity index (χ2v) is 5.03. The van der Waals surface area contributed by atoms with Gasteiger partial charge in [-0.15, -0.1) is 0 Å². The summed E-state index contributed by atoms with van der Waals surface area (Å²) >= 11 is 0. The van der Waals surface area contributed by atoms with Gasteiger partial charge in [-0.3, -0.25) is 4.90 Å². The fourth-order valence-corrected chi connectivity index (χ4v) is 2.22. The van der Waals surface area contributed by atoms with Crippen LogP contribution >= 0.6 is 0 Å². The molecule has 19 heavy (non-hydrogen) atoms. The third kappa shape index (κ3) is 3.64. The highest BCUT2D eigenvalue weighted by Gasteiger charge is 2.21. The van der Waals surface area contributed by atoms with Crippen LogP contribution in [0.4, 0.5) is 4.39 Å². The molecule has 3 nitrogen and oxygen atoms in total. The van der Waals surface area contributed by atoms with Crippen molar-refractivity contribution < 1.29 is 14.3 Å². The Balaban J connectivity index is 2.08. The van der Waals surface area contributed by atoms with Crippen LogP contribution in [0.15, 0.2) is 24.3 Å². The first-order chi connectivity index (χ1) is 9.06. The Morgan fingerprint density at radius 2 is 2.26 bits per heavy atom. The molecule has 0 aromatic heterocycles. The minimum absolute atomic E-state index is 0.321. The van der Waals surface area contributed by atoms with Gasteiger partial charge in [0.2, 0.25) is 0 Å². The average molecular weight is 263 g/mol. The molecule has 102 valence electrons. The highest BCUT2D eigenvalue weighted by atomic mass is 19.1. The van der Waals surface area contributed by atoms with Crippen LogP contribution < -0.4 is 0 Å². The van der Waals surface area contributed by atoms with E-state index in [4.69, 9.17) is 5.11 Å². The molecule has 0 amide bonds. The van der Waals surface area contributed by atoms with E-state index in [1.54, 1.807) is 12.1 Å². The number of carboxylic acids is 1. The predicted molar refractivity (Wildman–Crippen MR) is 72.2 cm³/mol. The van der Waals surface area contributed by atoms with Crippen LogP contribution in [0.2, 0.25) is 0 Å². The summed E-state index contributed by atoms with van der Waals surface area (Å²) in [5.41, 5.74) is 1.32. The van der Waals surface area contributed by atoms with Crippen LogP contribution in [0.1, 0.15) is 30.4 Å². The quantitative estimate of drug-likeness (QED) is 0.830. The zero-order valence-electron chi connectivity index (χ0n) is 11.0. The molecule has 4 heteroatoms. The summed E-state index contributed by atoms with van der Waals surface area (Å²) in [7, 11) is 2.07. The lowest BCUT2D eigenvalue weighted by Crippen LogP contribution is -2.36. The van der Waals surface area contributed by atoms with E-state index in [-0.39, 0.29) is 0 Å². The number of hydrogen-bond donors (Lipinski definition) is 1. The van der Waals surface area contributed by atoms with Crippen LogP contribution in [0, 0.1) is 5.82 Å². The van der Waals surface area contributed by atoms with Gasteiger partial charge in [-0.1, -0.05) is 12.5 Å². The molecule has 0 heterocycles. The number of benzene rings is 1. The first kappa shape index (κ1) is 13.7. The molecule has 0 bridgehead atoms. The van der Waals surface area contributed by atoms with Crippen molar-refractivity contribution in [3.63, 3.8) is 0 Å². The molecule has 2 rings (SSSR count). The van der Waals surface area contributed by atoms with E-state index in [2.05, 4.69) is 11.9 Å². The topological polar surface area (TPSA) is 40.5 Å². The molecular formula is C15H18FNO2. The van der Waals surface area contributed by atoms with Crippen LogP contribution in [0.5, 0.6) is 0 Å². The van der Waals surface area contributed by atoms with Gasteiger partial charge in [0, 0.05) is 24.2 Å². The molecule has 0 atom stereocenters. The molecule has 1 aliphatic carbocycles. The van der Waals surface area contributed by atoms with Crippen molar-refractivity contribution in [2.45, 2.75) is 31.8 Å². The second kappa shape index (κ2) is 5.97. The van der Waals surface area contributed by atoms with E-state index in [9.17, 15) is 9.18 Å². The summed E-state index contributed by atoms with van der Waals surface area (Å²) < 4.78 is 13.5. The van der Waals surface area contributed by atoms with Crippen molar-refractivity contribution in [3.8, 4) is 0 Å². The van der Waals surface area contributed by atoms with Crippen LogP contribution in [-0.2, 0) is 11.3 Å². The third-order valence-electron chi connectivity index (χ3n) is 3.60. The number of nitrogens with zero attached hydrogens (tertiary/aromatic N) is 1. The van der Waals surface area contributed by atoms with E-state index < -0.39 is 11.8 Å². The van der Waals surface area contributed by atoms with Crippen molar-refractivity contribution >= 4 is 12.0 Å². The van der Waals surface area contributed by atoms with E-state index >= 15 is 0 Å². The SMILES string of the molecule is CN(Cc1ccc(F)c(/C=C/C(=O)O)c1)C1CCC1. The van der Waals surface area contributed by atoms with E-state index in [0.29, 0.717) is 11.6 Å². The van der Waals surface area contributed by atoms with E-state index in [1.165, 1.54) is 31.4 Å². The molecule has 1 aromatic carbocycles. The Morgan fingerprint density at radius 3 is 2.84 bits per heavy atom. The Labute approximate surface area is 112 Å². The van der Waals surface area contributed by atoms with Crippen molar-refractivity contribution in [3.05, 3.63) is 41.2 Å². The number of carboxylic acid groups (broad SMARTS) is 1. The molecule has 0 saturated heterocycles. The monoisotopic (exact) mass is 263 g/mol. The Morgan fingerprint density at radius 1 is 1.53 bits per heavy atom. The summed E-state index contributed by atoms with van der Waals surface area (Å²) in [6.45, 7) is 0.763. The molecule has 1 N–H and O–H groups in total. The molecule has 0 unspecified atom stereocenters. The molecule has 1 fully saturated rings. The summed E-state index contributed by atoms with van der Waals surface area (Å²) in [5, 5.41) is 8.58. The van der Waals surface area contributed by atoms with E-state index in [1.807, 2.05) is 0 Å². The van der Waals surface area contributed by atoms with Gasteiger partial charge < -0.3 is 5.11 Å². The van der Waals surface area contributed by atoms with Gasteiger partial charge in [-0.25, -0.2) is 9.18 Å². The summed E-state index contributed by atoms with van der Waals surface area (Å²) in [5.74, 6) is -1.47.